The molecule has 3 aromatic rings. The lowest BCUT2D eigenvalue weighted by Gasteiger charge is -2.06. The van der Waals surface area contributed by atoms with E-state index in [1.54, 1.807) is 23.6 Å². The van der Waals surface area contributed by atoms with Crippen LogP contribution in [0.15, 0.2) is 36.9 Å². The summed E-state index contributed by atoms with van der Waals surface area (Å²) in [4.78, 5) is 27.7. The van der Waals surface area contributed by atoms with E-state index in [0.717, 1.165) is 4.88 Å². The summed E-state index contributed by atoms with van der Waals surface area (Å²) in [5.41, 5.74) is 0.460. The summed E-state index contributed by atoms with van der Waals surface area (Å²) in [6.07, 6.45) is 1.70. The maximum atomic E-state index is 12.2. The molecule has 0 fully saturated rings. The van der Waals surface area contributed by atoms with Gasteiger partial charge in [-0.05, 0) is 25.2 Å². The van der Waals surface area contributed by atoms with Gasteiger partial charge in [-0.25, -0.2) is 4.98 Å². The van der Waals surface area contributed by atoms with Crippen molar-refractivity contribution < 1.29 is 14.5 Å². The lowest BCUT2D eigenvalue weighted by atomic mass is 10.3. The molecule has 12 heteroatoms. The number of benzene rings is 1. The molecule has 0 unspecified atom stereocenters. The van der Waals surface area contributed by atoms with Crippen molar-refractivity contribution in [2.24, 2.45) is 0 Å². The number of amides is 1. The van der Waals surface area contributed by atoms with Gasteiger partial charge >= 0.3 is 5.69 Å². The number of hydrogen-bond acceptors (Lipinski definition) is 8. The Kier molecular flexibility index (Phi) is 6.14. The van der Waals surface area contributed by atoms with Crippen LogP contribution in [0, 0.1) is 21.8 Å². The van der Waals surface area contributed by atoms with Crippen molar-refractivity contribution in [1.82, 2.24) is 19.7 Å². The van der Waals surface area contributed by atoms with Gasteiger partial charge in [0.05, 0.1) is 15.5 Å². The van der Waals surface area contributed by atoms with Crippen molar-refractivity contribution in [1.29, 1.82) is 0 Å². The van der Waals surface area contributed by atoms with Crippen molar-refractivity contribution in [2.75, 3.05) is 11.9 Å². The second-order valence-corrected chi connectivity index (χ2v) is 7.13. The van der Waals surface area contributed by atoms with Crippen LogP contribution < -0.4 is 10.1 Å². The number of H-pyrrole nitrogens is 1. The molecule has 0 atom stereocenters. The van der Waals surface area contributed by atoms with E-state index in [1.807, 2.05) is 0 Å². The number of nitrogens with one attached hydrogen (secondary N) is 2. The van der Waals surface area contributed by atoms with Crippen molar-refractivity contribution >= 4 is 40.3 Å². The first-order valence-electron chi connectivity index (χ1n) is 8.30. The number of anilines is 1. The topological polar surface area (TPSA) is 128 Å². The summed E-state index contributed by atoms with van der Waals surface area (Å²) < 4.78 is 7.51. The largest absolute Gasteiger partial charge is 0.477 e. The van der Waals surface area contributed by atoms with E-state index < -0.39 is 17.4 Å². The Balaban J connectivity index is 1.71. The minimum atomic E-state index is -0.570. The van der Waals surface area contributed by atoms with Crippen LogP contribution in [-0.4, -0.2) is 37.2 Å². The first-order valence-corrected chi connectivity index (χ1v) is 9.53. The van der Waals surface area contributed by atoms with E-state index in [0.29, 0.717) is 28.0 Å². The van der Waals surface area contributed by atoms with Gasteiger partial charge in [0.1, 0.15) is 0 Å². The molecule has 0 bridgehead atoms. The normalized spacial score (nSPS) is 10.5. The van der Waals surface area contributed by atoms with Crippen molar-refractivity contribution in [3.8, 4) is 16.5 Å². The summed E-state index contributed by atoms with van der Waals surface area (Å²) in [5.74, 6) is 0.124. The monoisotopic (exact) mass is 432 g/mol. The fraction of sp³-hybridized carbons (Fsp3) is 0.176. The number of carbonyl (C=O) groups is 1. The number of para-hydroxylation sites is 2. The average molecular weight is 432 g/mol. The molecule has 3 rings (SSSR count). The third kappa shape index (κ3) is 4.55. The van der Waals surface area contributed by atoms with Gasteiger partial charge in [0.25, 0.3) is 5.91 Å². The molecule has 29 heavy (non-hydrogen) atoms. The molecule has 0 saturated carbocycles. The third-order valence-electron chi connectivity index (χ3n) is 3.74. The van der Waals surface area contributed by atoms with Crippen molar-refractivity contribution in [3.63, 3.8) is 0 Å². The van der Waals surface area contributed by atoms with E-state index in [9.17, 15) is 14.9 Å². The minimum absolute atomic E-state index is 0.0172. The highest BCUT2D eigenvalue weighted by molar-refractivity contribution is 7.71. The molecule has 1 amide bonds. The molecule has 0 radical (unpaired) electrons. The van der Waals surface area contributed by atoms with Crippen LogP contribution >= 0.6 is 23.6 Å². The van der Waals surface area contributed by atoms with Crippen molar-refractivity contribution in [3.05, 3.63) is 57.5 Å². The SMILES string of the molecule is C=CCn1c(-c2sc(NC(=O)COc3ccccc3[N+](=O)[O-])nc2C)n[nH]c1=S. The Bertz CT molecular complexity index is 1130. The van der Waals surface area contributed by atoms with E-state index in [4.69, 9.17) is 17.0 Å². The molecule has 0 aliphatic carbocycles. The highest BCUT2D eigenvalue weighted by Gasteiger charge is 2.18. The van der Waals surface area contributed by atoms with E-state index in [-0.39, 0.29) is 11.4 Å². The number of nitro groups is 1. The van der Waals surface area contributed by atoms with Crippen LogP contribution in [0.3, 0.4) is 0 Å². The molecule has 1 aromatic carbocycles. The maximum Gasteiger partial charge on any atom is 0.310 e. The molecular formula is C17H16N6O4S2. The standard InChI is InChI=1S/C17H16N6O4S2/c1-3-8-22-15(20-21-17(22)28)14-10(2)18-16(29-14)19-13(24)9-27-12-7-5-4-6-11(12)23(25)26/h3-7H,1,8-9H2,2H3,(H,21,28)(H,18,19,24). The molecule has 2 heterocycles. The molecule has 2 N–H and O–H groups in total. The zero-order valence-corrected chi connectivity index (χ0v) is 16.9. The molecule has 2 aromatic heterocycles. The second-order valence-electron chi connectivity index (χ2n) is 5.75. The Morgan fingerprint density at radius 2 is 2.28 bits per heavy atom. The quantitative estimate of drug-likeness (QED) is 0.241. The van der Waals surface area contributed by atoms with Crippen LogP contribution in [0.2, 0.25) is 0 Å². The Hall–Kier alpha value is -3.38. The first kappa shape index (κ1) is 20.4. The molecule has 0 saturated heterocycles. The summed E-state index contributed by atoms with van der Waals surface area (Å²) in [5, 5.41) is 20.9. The molecule has 0 spiro atoms. The van der Waals surface area contributed by atoms with Crippen LogP contribution in [0.5, 0.6) is 5.75 Å². The predicted molar refractivity (Wildman–Crippen MR) is 111 cm³/mol. The van der Waals surface area contributed by atoms with Crippen molar-refractivity contribution in [2.45, 2.75) is 13.5 Å². The smallest absolute Gasteiger partial charge is 0.310 e. The Morgan fingerprint density at radius 3 is 3.00 bits per heavy atom. The first-order chi connectivity index (χ1) is 13.9. The molecular weight excluding hydrogens is 416 g/mol. The number of thiazole rings is 1. The number of aromatic nitrogens is 4. The number of allylic oxidation sites excluding steroid dienone is 1. The van der Waals surface area contributed by atoms with Gasteiger partial charge in [0, 0.05) is 12.6 Å². The van der Waals surface area contributed by atoms with Gasteiger partial charge in [0.2, 0.25) is 0 Å². The lowest BCUT2D eigenvalue weighted by molar-refractivity contribution is -0.385. The molecule has 150 valence electrons. The van der Waals surface area contributed by atoms with E-state index in [2.05, 4.69) is 27.1 Å². The average Bonchev–Trinajstić information content (AvgIpc) is 3.22. The number of ether oxygens (including phenoxy) is 1. The number of carbonyl (C=O) groups excluding carboxylic acids is 1. The Labute approximate surface area is 174 Å². The molecule has 10 nitrogen and oxygen atoms in total. The number of nitro benzene ring substituents is 1. The summed E-state index contributed by atoms with van der Waals surface area (Å²) in [6, 6.07) is 5.85. The van der Waals surface area contributed by atoms with E-state index in [1.165, 1.54) is 29.5 Å². The minimum Gasteiger partial charge on any atom is -0.477 e. The zero-order chi connectivity index (χ0) is 21.0. The number of hydrogen-bond donors (Lipinski definition) is 2. The fourth-order valence-corrected chi connectivity index (χ4v) is 3.66. The van der Waals surface area contributed by atoms with Crippen LogP contribution in [-0.2, 0) is 11.3 Å². The van der Waals surface area contributed by atoms with Gasteiger partial charge in [-0.2, -0.15) is 5.10 Å². The highest BCUT2D eigenvalue weighted by atomic mass is 32.1. The predicted octanol–water partition coefficient (Wildman–Crippen LogP) is 3.48. The zero-order valence-electron chi connectivity index (χ0n) is 15.2. The van der Waals surface area contributed by atoms with Crippen LogP contribution in [0.25, 0.3) is 10.7 Å². The second kappa shape index (κ2) is 8.75. The fourth-order valence-electron chi connectivity index (χ4n) is 2.48. The number of aromatic amines is 1. The van der Waals surface area contributed by atoms with Gasteiger partial charge in [-0.3, -0.25) is 29.9 Å². The lowest BCUT2D eigenvalue weighted by Crippen LogP contribution is -2.20. The van der Waals surface area contributed by atoms with E-state index >= 15 is 0 Å². The summed E-state index contributed by atoms with van der Waals surface area (Å²) in [6.45, 7) is 5.58. The van der Waals surface area contributed by atoms with Gasteiger partial charge in [-0.15, -0.1) is 6.58 Å². The van der Waals surface area contributed by atoms with Gasteiger partial charge in [-0.1, -0.05) is 29.5 Å². The highest BCUT2D eigenvalue weighted by Crippen LogP contribution is 2.32. The van der Waals surface area contributed by atoms with Crippen LogP contribution in [0.4, 0.5) is 10.8 Å². The Morgan fingerprint density at radius 1 is 1.52 bits per heavy atom. The molecule has 0 aliphatic rings. The number of aryl methyl sites for hydroxylation is 1. The number of rotatable bonds is 8. The summed E-state index contributed by atoms with van der Waals surface area (Å²) in [7, 11) is 0. The van der Waals surface area contributed by atoms with Crippen LogP contribution in [0.1, 0.15) is 5.69 Å². The van der Waals surface area contributed by atoms with Gasteiger partial charge in [0.15, 0.2) is 28.1 Å². The number of nitrogens with zero attached hydrogens (tertiary/aromatic N) is 4. The van der Waals surface area contributed by atoms with Gasteiger partial charge < -0.3 is 4.74 Å². The maximum absolute atomic E-state index is 12.2. The summed E-state index contributed by atoms with van der Waals surface area (Å²) >= 11 is 6.45. The molecule has 0 aliphatic heterocycles. The third-order valence-corrected chi connectivity index (χ3v) is 5.12.